The van der Waals surface area contributed by atoms with Gasteiger partial charge in [0, 0.05) is 24.0 Å². The lowest BCUT2D eigenvalue weighted by Gasteiger charge is -2.10. The predicted molar refractivity (Wildman–Crippen MR) is 71.6 cm³/mol. The number of hydrogen-bond acceptors (Lipinski definition) is 2. The van der Waals surface area contributed by atoms with E-state index >= 15 is 0 Å². The molecule has 1 N–H and O–H groups in total. The van der Waals surface area contributed by atoms with Crippen molar-refractivity contribution in [2.24, 2.45) is 0 Å². The summed E-state index contributed by atoms with van der Waals surface area (Å²) in [7, 11) is 0. The summed E-state index contributed by atoms with van der Waals surface area (Å²) >= 11 is 6.14. The average molecular weight is 250 g/mol. The highest BCUT2D eigenvalue weighted by molar-refractivity contribution is 6.31. The normalized spacial score (nSPS) is 10.5. The van der Waals surface area contributed by atoms with E-state index in [0.29, 0.717) is 0 Å². The number of nitrogens with one attached hydrogen (secondary N) is 1. The number of nitrogens with zero attached hydrogens (tertiary/aromatic N) is 2. The molecule has 0 aliphatic heterocycles. The molecular weight excluding hydrogens is 234 g/mol. The topological polar surface area (TPSA) is 29.9 Å². The zero-order valence-corrected chi connectivity index (χ0v) is 10.6. The lowest BCUT2D eigenvalue weighted by atomic mass is 10.2. The molecule has 0 atom stereocenters. The van der Waals surface area contributed by atoms with E-state index in [0.717, 1.165) is 36.0 Å². The number of anilines is 1. The maximum absolute atomic E-state index is 6.14. The first kappa shape index (κ1) is 12.0. The van der Waals surface area contributed by atoms with Crippen LogP contribution in [0.3, 0.4) is 0 Å². The molecule has 0 bridgehead atoms. The van der Waals surface area contributed by atoms with Crippen LogP contribution in [-0.2, 0) is 6.54 Å². The monoisotopic (exact) mass is 249 g/mol. The van der Waals surface area contributed by atoms with E-state index in [2.05, 4.69) is 21.8 Å². The van der Waals surface area contributed by atoms with E-state index in [-0.39, 0.29) is 0 Å². The quantitative estimate of drug-likeness (QED) is 0.880. The van der Waals surface area contributed by atoms with Crippen molar-refractivity contribution in [3.63, 3.8) is 0 Å². The summed E-state index contributed by atoms with van der Waals surface area (Å²) in [4.78, 5) is 4.29. The zero-order valence-electron chi connectivity index (χ0n) is 9.86. The molecular formula is C13H16ClN3. The molecule has 0 saturated heterocycles. The molecule has 1 heterocycles. The van der Waals surface area contributed by atoms with Crippen LogP contribution in [0.2, 0.25) is 5.02 Å². The third-order valence-corrected chi connectivity index (χ3v) is 2.92. The van der Waals surface area contributed by atoms with E-state index in [4.69, 9.17) is 11.6 Å². The van der Waals surface area contributed by atoms with Gasteiger partial charge in [0.05, 0.1) is 6.54 Å². The molecule has 0 saturated carbocycles. The molecule has 0 aliphatic rings. The fourth-order valence-corrected chi connectivity index (χ4v) is 1.85. The fraction of sp³-hybridized carbons (Fsp3) is 0.308. The zero-order chi connectivity index (χ0) is 12.1. The number of halogens is 1. The molecule has 1 aromatic carbocycles. The number of rotatable bonds is 5. The summed E-state index contributed by atoms with van der Waals surface area (Å²) in [5.74, 6) is 0.895. The van der Waals surface area contributed by atoms with Gasteiger partial charge in [0.15, 0.2) is 0 Å². The van der Waals surface area contributed by atoms with Gasteiger partial charge in [0.2, 0.25) is 5.95 Å². The third-order valence-electron chi connectivity index (χ3n) is 2.55. The van der Waals surface area contributed by atoms with Crippen LogP contribution in [0.1, 0.15) is 18.9 Å². The molecule has 90 valence electrons. The first-order valence-electron chi connectivity index (χ1n) is 5.79. The second-order valence-electron chi connectivity index (χ2n) is 3.90. The molecule has 0 fully saturated rings. The van der Waals surface area contributed by atoms with E-state index in [1.807, 2.05) is 30.5 Å². The van der Waals surface area contributed by atoms with Gasteiger partial charge >= 0.3 is 0 Å². The summed E-state index contributed by atoms with van der Waals surface area (Å²) in [6.07, 6.45) is 4.84. The Morgan fingerprint density at radius 1 is 1.35 bits per heavy atom. The van der Waals surface area contributed by atoms with Crippen LogP contribution >= 0.6 is 11.6 Å². The van der Waals surface area contributed by atoms with Gasteiger partial charge in [0.1, 0.15) is 0 Å². The number of imidazole rings is 1. The Balaban J connectivity index is 2.13. The summed E-state index contributed by atoms with van der Waals surface area (Å²) in [5, 5.41) is 4.09. The minimum atomic E-state index is 0.742. The standard InChI is InChI=1S/C13H16ClN3/c1-2-7-15-13-16-8-9-17(13)10-11-5-3-4-6-12(11)14/h3-6,8-9H,2,7,10H2,1H3,(H,15,16). The number of hydrogen-bond donors (Lipinski definition) is 1. The molecule has 4 heteroatoms. The van der Waals surface area contributed by atoms with Gasteiger partial charge in [-0.3, -0.25) is 0 Å². The Bertz CT molecular complexity index is 479. The van der Waals surface area contributed by atoms with Crippen molar-refractivity contribution in [2.75, 3.05) is 11.9 Å². The second kappa shape index (κ2) is 5.73. The van der Waals surface area contributed by atoms with Gasteiger partial charge in [-0.1, -0.05) is 36.7 Å². The molecule has 0 spiro atoms. The minimum absolute atomic E-state index is 0.742. The molecule has 1 aromatic heterocycles. The highest BCUT2D eigenvalue weighted by atomic mass is 35.5. The Kier molecular flexibility index (Phi) is 4.04. The van der Waals surface area contributed by atoms with Crippen molar-refractivity contribution in [2.45, 2.75) is 19.9 Å². The van der Waals surface area contributed by atoms with Crippen LogP contribution in [-0.4, -0.2) is 16.1 Å². The number of aromatic nitrogens is 2. The third kappa shape index (κ3) is 3.01. The first-order chi connectivity index (χ1) is 8.31. The van der Waals surface area contributed by atoms with Gasteiger partial charge in [-0.25, -0.2) is 4.98 Å². The molecule has 0 radical (unpaired) electrons. The number of benzene rings is 1. The molecule has 0 unspecified atom stereocenters. The van der Waals surface area contributed by atoms with E-state index in [9.17, 15) is 0 Å². The van der Waals surface area contributed by atoms with Gasteiger partial charge in [-0.15, -0.1) is 0 Å². The smallest absolute Gasteiger partial charge is 0.203 e. The Morgan fingerprint density at radius 3 is 2.94 bits per heavy atom. The van der Waals surface area contributed by atoms with Crippen LogP contribution < -0.4 is 5.32 Å². The SMILES string of the molecule is CCCNc1nccn1Cc1ccccc1Cl. The van der Waals surface area contributed by atoms with E-state index in [1.165, 1.54) is 0 Å². The first-order valence-corrected chi connectivity index (χ1v) is 6.17. The van der Waals surface area contributed by atoms with Crippen molar-refractivity contribution >= 4 is 17.5 Å². The molecule has 2 aromatic rings. The van der Waals surface area contributed by atoms with Gasteiger partial charge in [-0.2, -0.15) is 0 Å². The van der Waals surface area contributed by atoms with Crippen LogP contribution in [0.15, 0.2) is 36.7 Å². The van der Waals surface area contributed by atoms with Gasteiger partial charge < -0.3 is 9.88 Å². The Morgan fingerprint density at radius 2 is 2.18 bits per heavy atom. The van der Waals surface area contributed by atoms with E-state index < -0.39 is 0 Å². The van der Waals surface area contributed by atoms with E-state index in [1.54, 1.807) is 6.20 Å². The van der Waals surface area contributed by atoms with Crippen LogP contribution in [0.5, 0.6) is 0 Å². The maximum Gasteiger partial charge on any atom is 0.203 e. The summed E-state index contributed by atoms with van der Waals surface area (Å²) in [6.45, 7) is 3.81. The van der Waals surface area contributed by atoms with Crippen molar-refractivity contribution in [1.82, 2.24) is 9.55 Å². The van der Waals surface area contributed by atoms with Crippen molar-refractivity contribution in [1.29, 1.82) is 0 Å². The molecule has 2 rings (SSSR count). The van der Waals surface area contributed by atoms with Gasteiger partial charge in [-0.05, 0) is 18.1 Å². The fourth-order valence-electron chi connectivity index (χ4n) is 1.65. The minimum Gasteiger partial charge on any atom is -0.356 e. The molecule has 17 heavy (non-hydrogen) atoms. The summed E-state index contributed by atoms with van der Waals surface area (Å²) in [5.41, 5.74) is 1.10. The Labute approximate surface area is 106 Å². The van der Waals surface area contributed by atoms with Crippen molar-refractivity contribution in [3.05, 3.63) is 47.2 Å². The highest BCUT2D eigenvalue weighted by Gasteiger charge is 2.04. The van der Waals surface area contributed by atoms with Crippen LogP contribution in [0, 0.1) is 0 Å². The van der Waals surface area contributed by atoms with Gasteiger partial charge in [0.25, 0.3) is 0 Å². The largest absolute Gasteiger partial charge is 0.356 e. The molecule has 0 aliphatic carbocycles. The lowest BCUT2D eigenvalue weighted by Crippen LogP contribution is -2.08. The predicted octanol–water partition coefficient (Wildman–Crippen LogP) is 3.41. The van der Waals surface area contributed by atoms with Crippen LogP contribution in [0.25, 0.3) is 0 Å². The summed E-state index contributed by atoms with van der Waals surface area (Å²) < 4.78 is 2.07. The maximum atomic E-state index is 6.14. The molecule has 3 nitrogen and oxygen atoms in total. The van der Waals surface area contributed by atoms with Crippen LogP contribution in [0.4, 0.5) is 5.95 Å². The Hall–Kier alpha value is -1.48. The molecule has 0 amide bonds. The highest BCUT2D eigenvalue weighted by Crippen LogP contribution is 2.17. The average Bonchev–Trinajstić information content (AvgIpc) is 2.77. The summed E-state index contributed by atoms with van der Waals surface area (Å²) in [6, 6.07) is 7.88. The second-order valence-corrected chi connectivity index (χ2v) is 4.30. The lowest BCUT2D eigenvalue weighted by molar-refractivity contribution is 0.793. The van der Waals surface area contributed by atoms with Crippen molar-refractivity contribution < 1.29 is 0 Å². The van der Waals surface area contributed by atoms with Crippen molar-refractivity contribution in [3.8, 4) is 0 Å².